The Labute approximate surface area is 200 Å². The number of benzene rings is 2. The summed E-state index contributed by atoms with van der Waals surface area (Å²) in [6.45, 7) is 0.359. The summed E-state index contributed by atoms with van der Waals surface area (Å²) in [7, 11) is 3.15. The van der Waals surface area contributed by atoms with E-state index in [1.165, 1.54) is 6.07 Å². The predicted octanol–water partition coefficient (Wildman–Crippen LogP) is 4.52. The number of piperazine rings is 1. The largest absolute Gasteiger partial charge is 0.493 e. The van der Waals surface area contributed by atoms with Crippen LogP contribution < -0.4 is 9.47 Å². The summed E-state index contributed by atoms with van der Waals surface area (Å²) in [6.07, 6.45) is 6.71. The van der Waals surface area contributed by atoms with E-state index in [-0.39, 0.29) is 30.0 Å². The second kappa shape index (κ2) is 10.9. The molecule has 7 heteroatoms. The molecule has 0 bridgehead atoms. The van der Waals surface area contributed by atoms with Crippen LogP contribution in [0.15, 0.2) is 42.5 Å². The van der Waals surface area contributed by atoms with Gasteiger partial charge in [-0.1, -0.05) is 49.9 Å². The van der Waals surface area contributed by atoms with Crippen LogP contribution in [0.5, 0.6) is 11.5 Å². The molecule has 2 aromatic rings. The molecule has 4 rings (SSSR count). The maximum absolute atomic E-state index is 14.9. The molecule has 1 unspecified atom stereocenters. The lowest BCUT2D eigenvalue weighted by molar-refractivity contribution is -0.159. The molecule has 1 saturated carbocycles. The molecule has 0 aromatic heterocycles. The van der Waals surface area contributed by atoms with Gasteiger partial charge < -0.3 is 19.3 Å². The molecule has 2 aromatic carbocycles. The maximum atomic E-state index is 14.9. The quantitative estimate of drug-likeness (QED) is 0.561. The number of carbonyl (C=O) groups excluding carboxylic acids is 2. The van der Waals surface area contributed by atoms with Crippen molar-refractivity contribution < 1.29 is 23.5 Å². The van der Waals surface area contributed by atoms with Crippen LogP contribution in [0.25, 0.3) is 0 Å². The smallest absolute Gasteiger partial charge is 0.250 e. The van der Waals surface area contributed by atoms with Crippen LogP contribution in [0.1, 0.15) is 55.7 Å². The number of methoxy groups -OCH3 is 2. The Balaban J connectivity index is 1.61. The molecule has 0 N–H and O–H groups in total. The van der Waals surface area contributed by atoms with E-state index in [4.69, 9.17) is 9.47 Å². The van der Waals surface area contributed by atoms with Crippen molar-refractivity contribution in [3.05, 3.63) is 59.4 Å². The zero-order valence-electron chi connectivity index (χ0n) is 20.0. The summed E-state index contributed by atoms with van der Waals surface area (Å²) in [4.78, 5) is 30.4. The van der Waals surface area contributed by atoms with Crippen LogP contribution in [0, 0.1) is 5.82 Å². The highest BCUT2D eigenvalue weighted by Gasteiger charge is 2.43. The van der Waals surface area contributed by atoms with Crippen LogP contribution in [-0.4, -0.2) is 55.0 Å². The molecule has 2 amide bonds. The third-order valence-corrected chi connectivity index (χ3v) is 7.01. The van der Waals surface area contributed by atoms with Crippen molar-refractivity contribution in [3.63, 3.8) is 0 Å². The molecule has 6 nitrogen and oxygen atoms in total. The van der Waals surface area contributed by atoms with Gasteiger partial charge in [0, 0.05) is 18.2 Å². The number of hydrogen-bond acceptors (Lipinski definition) is 4. The number of ether oxygens (including phenoxy) is 2. The van der Waals surface area contributed by atoms with Crippen molar-refractivity contribution in [1.29, 1.82) is 0 Å². The number of nitrogens with zero attached hydrogens (tertiary/aromatic N) is 2. The summed E-state index contributed by atoms with van der Waals surface area (Å²) in [5, 5.41) is 0. The van der Waals surface area contributed by atoms with Gasteiger partial charge in [0.15, 0.2) is 11.5 Å². The fourth-order valence-electron chi connectivity index (χ4n) is 5.16. The SMILES string of the molecule is COc1ccc(CCN2C(=O)CN(C3CCCCCC3)C(=O)C2c2ccccc2F)cc1OC. The van der Waals surface area contributed by atoms with E-state index in [0.717, 1.165) is 44.1 Å². The van der Waals surface area contributed by atoms with Gasteiger partial charge in [-0.3, -0.25) is 9.59 Å². The van der Waals surface area contributed by atoms with Crippen LogP contribution in [0.3, 0.4) is 0 Å². The lowest BCUT2D eigenvalue weighted by Crippen LogP contribution is -2.58. The van der Waals surface area contributed by atoms with Crippen LogP contribution in [-0.2, 0) is 16.0 Å². The molecule has 2 aliphatic rings. The highest BCUT2D eigenvalue weighted by molar-refractivity contribution is 5.95. The minimum Gasteiger partial charge on any atom is -0.493 e. The zero-order chi connectivity index (χ0) is 24.1. The molecule has 0 spiro atoms. The van der Waals surface area contributed by atoms with Gasteiger partial charge in [-0.15, -0.1) is 0 Å². The zero-order valence-corrected chi connectivity index (χ0v) is 20.0. The molecule has 1 aliphatic carbocycles. The van der Waals surface area contributed by atoms with Crippen molar-refractivity contribution in [3.8, 4) is 11.5 Å². The Morgan fingerprint density at radius 2 is 1.65 bits per heavy atom. The van der Waals surface area contributed by atoms with E-state index in [1.807, 2.05) is 18.2 Å². The first-order chi connectivity index (χ1) is 16.5. The average molecular weight is 469 g/mol. The molecule has 1 atom stereocenters. The molecule has 1 saturated heterocycles. The van der Waals surface area contributed by atoms with Crippen LogP contribution in [0.4, 0.5) is 4.39 Å². The van der Waals surface area contributed by atoms with Crippen LogP contribution in [0.2, 0.25) is 0 Å². The summed E-state index contributed by atoms with van der Waals surface area (Å²) in [5.41, 5.74) is 1.20. The van der Waals surface area contributed by atoms with Crippen LogP contribution >= 0.6 is 0 Å². The minimum absolute atomic E-state index is 0.0428. The van der Waals surface area contributed by atoms with E-state index in [1.54, 1.807) is 42.2 Å². The fraction of sp³-hybridized carbons (Fsp3) is 0.481. The lowest BCUT2D eigenvalue weighted by Gasteiger charge is -2.43. The van der Waals surface area contributed by atoms with Gasteiger partial charge in [0.05, 0.1) is 14.2 Å². The number of hydrogen-bond donors (Lipinski definition) is 0. The third kappa shape index (κ3) is 5.03. The Morgan fingerprint density at radius 1 is 0.941 bits per heavy atom. The normalized spacial score (nSPS) is 19.8. The number of amides is 2. The highest BCUT2D eigenvalue weighted by atomic mass is 19.1. The maximum Gasteiger partial charge on any atom is 0.250 e. The van der Waals surface area contributed by atoms with Gasteiger partial charge in [0.1, 0.15) is 18.4 Å². The van der Waals surface area contributed by atoms with E-state index < -0.39 is 11.9 Å². The van der Waals surface area contributed by atoms with Gasteiger partial charge in [-0.05, 0) is 43.0 Å². The number of carbonyl (C=O) groups is 2. The fourth-order valence-corrected chi connectivity index (χ4v) is 5.16. The summed E-state index contributed by atoms with van der Waals surface area (Å²) in [5.74, 6) is 0.443. The first-order valence-corrected chi connectivity index (χ1v) is 12.1. The van der Waals surface area contributed by atoms with E-state index in [2.05, 4.69) is 0 Å². The summed E-state index contributed by atoms with van der Waals surface area (Å²) >= 11 is 0. The van der Waals surface area contributed by atoms with Crippen molar-refractivity contribution in [2.75, 3.05) is 27.3 Å². The van der Waals surface area contributed by atoms with Gasteiger partial charge in [-0.2, -0.15) is 0 Å². The van der Waals surface area contributed by atoms with Gasteiger partial charge in [0.2, 0.25) is 5.91 Å². The second-order valence-electron chi connectivity index (χ2n) is 9.06. The van der Waals surface area contributed by atoms with Crippen molar-refractivity contribution in [1.82, 2.24) is 9.80 Å². The lowest BCUT2D eigenvalue weighted by atomic mass is 9.96. The van der Waals surface area contributed by atoms with Crippen molar-refractivity contribution in [2.24, 2.45) is 0 Å². The molecule has 1 aliphatic heterocycles. The molecular weight excluding hydrogens is 435 g/mol. The van der Waals surface area contributed by atoms with Gasteiger partial charge >= 0.3 is 0 Å². The Hall–Kier alpha value is -3.09. The average Bonchev–Trinajstić information content (AvgIpc) is 3.14. The number of halogens is 1. The van der Waals surface area contributed by atoms with E-state index in [0.29, 0.717) is 24.5 Å². The minimum atomic E-state index is -0.953. The topological polar surface area (TPSA) is 59.1 Å². The molecule has 1 heterocycles. The molecule has 0 radical (unpaired) electrons. The van der Waals surface area contributed by atoms with Gasteiger partial charge in [0.25, 0.3) is 5.91 Å². The van der Waals surface area contributed by atoms with Crippen molar-refractivity contribution in [2.45, 2.75) is 57.0 Å². The van der Waals surface area contributed by atoms with E-state index >= 15 is 0 Å². The first kappa shape index (κ1) is 24.0. The Kier molecular flexibility index (Phi) is 7.70. The predicted molar refractivity (Wildman–Crippen MR) is 127 cm³/mol. The van der Waals surface area contributed by atoms with E-state index in [9.17, 15) is 14.0 Å². The standard InChI is InChI=1S/C27H33FN2O4/c1-33-23-14-13-19(17-24(23)34-2)15-16-29-25(31)18-30(20-9-5-3-4-6-10-20)27(32)26(29)21-11-7-8-12-22(21)28/h7-8,11-14,17,20,26H,3-6,9-10,15-16,18H2,1-2H3. The first-order valence-electron chi connectivity index (χ1n) is 12.1. The third-order valence-electron chi connectivity index (χ3n) is 7.01. The Morgan fingerprint density at radius 3 is 2.32 bits per heavy atom. The number of rotatable bonds is 7. The second-order valence-corrected chi connectivity index (χ2v) is 9.06. The molecule has 34 heavy (non-hydrogen) atoms. The molecule has 2 fully saturated rings. The Bertz CT molecular complexity index is 1020. The summed E-state index contributed by atoms with van der Waals surface area (Å²) in [6, 6.07) is 11.0. The monoisotopic (exact) mass is 468 g/mol. The van der Waals surface area contributed by atoms with Crippen molar-refractivity contribution >= 4 is 11.8 Å². The van der Waals surface area contributed by atoms with Gasteiger partial charge in [-0.25, -0.2) is 4.39 Å². The summed E-state index contributed by atoms with van der Waals surface area (Å²) < 4.78 is 25.6. The molecular formula is C27H33FN2O4. The molecule has 182 valence electrons. The highest BCUT2D eigenvalue weighted by Crippen LogP contribution is 2.34.